The highest BCUT2D eigenvalue weighted by Gasteiger charge is 2.12. The molecule has 0 saturated heterocycles. The molecule has 2 amide bonds. The molecule has 0 radical (unpaired) electrons. The standard InChI is InChI=1S/C17H28N2O3S/c1-5-7-8-14(6-2)12-18-17(20)19-16-11-15(23(4,21)22)10-9-13(16)3/h9-11,14H,5-8,12H2,1-4H3,(H2,18,19,20)/t14-/m1/s1. The summed E-state index contributed by atoms with van der Waals surface area (Å²) in [4.78, 5) is 12.2. The number of benzene rings is 1. The monoisotopic (exact) mass is 340 g/mol. The zero-order valence-electron chi connectivity index (χ0n) is 14.5. The number of carbonyl (C=O) groups excluding carboxylic acids is 1. The second-order valence-corrected chi connectivity index (χ2v) is 8.02. The maximum absolute atomic E-state index is 12.0. The zero-order valence-corrected chi connectivity index (χ0v) is 15.3. The Hall–Kier alpha value is -1.56. The minimum atomic E-state index is -3.29. The molecule has 5 nitrogen and oxygen atoms in total. The van der Waals surface area contributed by atoms with E-state index in [1.54, 1.807) is 12.1 Å². The maximum Gasteiger partial charge on any atom is 0.319 e. The van der Waals surface area contributed by atoms with Gasteiger partial charge >= 0.3 is 6.03 Å². The van der Waals surface area contributed by atoms with Crippen LogP contribution in [0.5, 0.6) is 0 Å². The van der Waals surface area contributed by atoms with Crippen LogP contribution in [0.15, 0.2) is 23.1 Å². The summed E-state index contributed by atoms with van der Waals surface area (Å²) in [5.41, 5.74) is 1.35. The van der Waals surface area contributed by atoms with Crippen molar-refractivity contribution < 1.29 is 13.2 Å². The van der Waals surface area contributed by atoms with Gasteiger partial charge in [0.15, 0.2) is 9.84 Å². The van der Waals surface area contributed by atoms with Gasteiger partial charge in [0.2, 0.25) is 0 Å². The molecule has 1 aromatic carbocycles. The summed E-state index contributed by atoms with van der Waals surface area (Å²) in [6.45, 7) is 6.74. The molecular weight excluding hydrogens is 312 g/mol. The Labute approximate surface area is 139 Å². The number of urea groups is 1. The minimum Gasteiger partial charge on any atom is -0.338 e. The van der Waals surface area contributed by atoms with Crippen molar-refractivity contribution in [3.8, 4) is 0 Å². The number of aryl methyl sites for hydroxylation is 1. The van der Waals surface area contributed by atoms with E-state index in [1.807, 2.05) is 6.92 Å². The number of hydrogen-bond donors (Lipinski definition) is 2. The lowest BCUT2D eigenvalue weighted by atomic mass is 9.99. The molecule has 0 aromatic heterocycles. The largest absolute Gasteiger partial charge is 0.338 e. The first kappa shape index (κ1) is 19.5. The molecule has 2 N–H and O–H groups in total. The normalized spacial score (nSPS) is 12.7. The first-order chi connectivity index (χ1) is 10.8. The number of amides is 2. The van der Waals surface area contributed by atoms with E-state index in [-0.39, 0.29) is 10.9 Å². The first-order valence-corrected chi connectivity index (χ1v) is 10.0. The third-order valence-electron chi connectivity index (χ3n) is 3.98. The van der Waals surface area contributed by atoms with Gasteiger partial charge in [-0.3, -0.25) is 0 Å². The van der Waals surface area contributed by atoms with Crippen molar-refractivity contribution in [2.24, 2.45) is 5.92 Å². The molecule has 1 rings (SSSR count). The van der Waals surface area contributed by atoms with Gasteiger partial charge in [-0.2, -0.15) is 0 Å². The molecule has 0 bridgehead atoms. The van der Waals surface area contributed by atoms with Gasteiger partial charge in [0.25, 0.3) is 0 Å². The van der Waals surface area contributed by atoms with Crippen molar-refractivity contribution >= 4 is 21.6 Å². The highest BCUT2D eigenvalue weighted by atomic mass is 32.2. The van der Waals surface area contributed by atoms with E-state index < -0.39 is 9.84 Å². The van der Waals surface area contributed by atoms with Gasteiger partial charge in [-0.15, -0.1) is 0 Å². The quantitative estimate of drug-likeness (QED) is 0.757. The van der Waals surface area contributed by atoms with Crippen LogP contribution in [0.2, 0.25) is 0 Å². The van der Waals surface area contributed by atoms with Crippen LogP contribution in [-0.4, -0.2) is 27.2 Å². The topological polar surface area (TPSA) is 75.3 Å². The summed E-state index contributed by atoms with van der Waals surface area (Å²) in [6, 6.07) is 4.44. The molecule has 0 aliphatic heterocycles. The van der Waals surface area contributed by atoms with Gasteiger partial charge < -0.3 is 10.6 Å². The van der Waals surface area contributed by atoms with Gasteiger partial charge in [0.05, 0.1) is 4.90 Å². The molecule has 0 saturated carbocycles. The van der Waals surface area contributed by atoms with Crippen molar-refractivity contribution in [3.63, 3.8) is 0 Å². The molecule has 0 unspecified atom stereocenters. The lowest BCUT2D eigenvalue weighted by Gasteiger charge is -2.16. The average molecular weight is 340 g/mol. The van der Waals surface area contributed by atoms with Crippen LogP contribution in [0.1, 0.15) is 45.1 Å². The maximum atomic E-state index is 12.0. The number of rotatable bonds is 8. The van der Waals surface area contributed by atoms with E-state index >= 15 is 0 Å². The molecule has 23 heavy (non-hydrogen) atoms. The van der Waals surface area contributed by atoms with Crippen LogP contribution in [0.25, 0.3) is 0 Å². The summed E-state index contributed by atoms with van der Waals surface area (Å²) >= 11 is 0. The van der Waals surface area contributed by atoms with E-state index in [0.717, 1.165) is 37.5 Å². The number of nitrogens with one attached hydrogen (secondary N) is 2. The smallest absolute Gasteiger partial charge is 0.319 e. The van der Waals surface area contributed by atoms with Crippen LogP contribution in [0.4, 0.5) is 10.5 Å². The molecule has 6 heteroatoms. The summed E-state index contributed by atoms with van der Waals surface area (Å²) in [5, 5.41) is 5.62. The van der Waals surface area contributed by atoms with Crippen molar-refractivity contribution in [1.29, 1.82) is 0 Å². The van der Waals surface area contributed by atoms with Crippen LogP contribution >= 0.6 is 0 Å². The van der Waals surface area contributed by atoms with E-state index in [0.29, 0.717) is 18.2 Å². The molecule has 1 atom stereocenters. The average Bonchev–Trinajstić information content (AvgIpc) is 2.48. The highest BCUT2D eigenvalue weighted by Crippen LogP contribution is 2.20. The molecular formula is C17H28N2O3S. The molecule has 0 aliphatic carbocycles. The van der Waals surface area contributed by atoms with Gasteiger partial charge in [0, 0.05) is 18.5 Å². The summed E-state index contributed by atoms with van der Waals surface area (Å²) in [5.74, 6) is 0.476. The fraction of sp³-hybridized carbons (Fsp3) is 0.588. The lowest BCUT2D eigenvalue weighted by Crippen LogP contribution is -2.33. The van der Waals surface area contributed by atoms with E-state index in [1.165, 1.54) is 6.07 Å². The fourth-order valence-electron chi connectivity index (χ4n) is 2.31. The second-order valence-electron chi connectivity index (χ2n) is 6.00. The third kappa shape index (κ3) is 6.60. The number of unbranched alkanes of at least 4 members (excludes halogenated alkanes) is 1. The number of sulfone groups is 1. The Bertz CT molecular complexity index is 627. The molecule has 130 valence electrons. The van der Waals surface area contributed by atoms with Crippen LogP contribution in [0.3, 0.4) is 0 Å². The Kier molecular flexibility index (Phi) is 7.55. The molecule has 0 aliphatic rings. The van der Waals surface area contributed by atoms with Crippen LogP contribution in [0, 0.1) is 12.8 Å². The first-order valence-electron chi connectivity index (χ1n) is 8.13. The Morgan fingerprint density at radius 3 is 2.52 bits per heavy atom. The Morgan fingerprint density at radius 1 is 1.26 bits per heavy atom. The molecule has 0 spiro atoms. The SMILES string of the molecule is CCCC[C@@H](CC)CNC(=O)Nc1cc(S(C)(=O)=O)ccc1C. The minimum absolute atomic E-state index is 0.202. The van der Waals surface area contributed by atoms with Crippen LogP contribution < -0.4 is 10.6 Å². The van der Waals surface area contributed by atoms with Gasteiger partial charge in [0.1, 0.15) is 0 Å². The fourth-order valence-corrected chi connectivity index (χ4v) is 2.96. The summed E-state index contributed by atoms with van der Waals surface area (Å²) in [6.07, 6.45) is 5.61. The van der Waals surface area contributed by atoms with Gasteiger partial charge in [-0.1, -0.05) is 39.2 Å². The second kappa shape index (κ2) is 8.91. The predicted molar refractivity (Wildman–Crippen MR) is 94.6 cm³/mol. The lowest BCUT2D eigenvalue weighted by molar-refractivity contribution is 0.249. The van der Waals surface area contributed by atoms with Gasteiger partial charge in [-0.25, -0.2) is 13.2 Å². The van der Waals surface area contributed by atoms with Crippen molar-refractivity contribution in [1.82, 2.24) is 5.32 Å². The third-order valence-corrected chi connectivity index (χ3v) is 5.09. The number of carbonyl (C=O) groups is 1. The Balaban J connectivity index is 2.67. The van der Waals surface area contributed by atoms with Crippen molar-refractivity contribution in [3.05, 3.63) is 23.8 Å². The van der Waals surface area contributed by atoms with Crippen LogP contribution in [-0.2, 0) is 9.84 Å². The number of anilines is 1. The van der Waals surface area contributed by atoms with E-state index in [2.05, 4.69) is 24.5 Å². The van der Waals surface area contributed by atoms with Gasteiger partial charge in [-0.05, 0) is 37.0 Å². The van der Waals surface area contributed by atoms with E-state index in [4.69, 9.17) is 0 Å². The Morgan fingerprint density at radius 2 is 1.96 bits per heavy atom. The summed E-state index contributed by atoms with van der Waals surface area (Å²) in [7, 11) is -3.29. The predicted octanol–water partition coefficient (Wildman–Crippen LogP) is 3.74. The van der Waals surface area contributed by atoms with Crippen molar-refractivity contribution in [2.45, 2.75) is 51.3 Å². The van der Waals surface area contributed by atoms with E-state index in [9.17, 15) is 13.2 Å². The molecule has 1 aromatic rings. The molecule has 0 fully saturated rings. The molecule has 0 heterocycles. The number of hydrogen-bond acceptors (Lipinski definition) is 3. The summed E-state index contributed by atoms with van der Waals surface area (Å²) < 4.78 is 23.2. The highest BCUT2D eigenvalue weighted by molar-refractivity contribution is 7.90. The van der Waals surface area contributed by atoms with Crippen molar-refractivity contribution in [2.75, 3.05) is 18.1 Å². The zero-order chi connectivity index (χ0) is 17.5.